The number of piperazine rings is 1. The van der Waals surface area contributed by atoms with Gasteiger partial charge in [0, 0.05) is 69.1 Å². The SMILES string of the molecule is Cc1ccc(N2CCN(C)CC2)c2c1OCC(NC(=O)c1ccc(C(=O)N(C)C)cc1)C2. The Labute approximate surface area is 189 Å². The molecule has 0 bridgehead atoms. The summed E-state index contributed by atoms with van der Waals surface area (Å²) in [5.41, 5.74) is 4.62. The van der Waals surface area contributed by atoms with E-state index in [-0.39, 0.29) is 17.9 Å². The van der Waals surface area contributed by atoms with Crippen LogP contribution in [0.1, 0.15) is 31.8 Å². The van der Waals surface area contributed by atoms with E-state index in [0.717, 1.165) is 43.9 Å². The van der Waals surface area contributed by atoms with E-state index in [1.165, 1.54) is 16.2 Å². The average molecular weight is 437 g/mol. The molecule has 0 aliphatic carbocycles. The number of carbonyl (C=O) groups is 2. The number of likely N-dealkylation sites (N-methyl/N-ethyl adjacent to an activating group) is 1. The number of fused-ring (bicyclic) bond motifs is 1. The van der Waals surface area contributed by atoms with E-state index in [2.05, 4.69) is 41.2 Å². The summed E-state index contributed by atoms with van der Waals surface area (Å²) in [6.45, 7) is 6.57. The van der Waals surface area contributed by atoms with Gasteiger partial charge in [-0.15, -0.1) is 0 Å². The molecule has 4 rings (SSSR count). The van der Waals surface area contributed by atoms with Gasteiger partial charge in [0.05, 0.1) is 6.04 Å². The minimum atomic E-state index is -0.153. The van der Waals surface area contributed by atoms with E-state index in [4.69, 9.17) is 4.74 Å². The van der Waals surface area contributed by atoms with Gasteiger partial charge in [-0.1, -0.05) is 6.07 Å². The summed E-state index contributed by atoms with van der Waals surface area (Å²) in [5, 5.41) is 3.12. The van der Waals surface area contributed by atoms with Crippen LogP contribution in [0.3, 0.4) is 0 Å². The third-order valence-corrected chi connectivity index (χ3v) is 6.29. The molecule has 1 N–H and O–H groups in total. The molecule has 2 aromatic carbocycles. The van der Waals surface area contributed by atoms with Gasteiger partial charge in [0.2, 0.25) is 0 Å². The lowest BCUT2D eigenvalue weighted by Crippen LogP contribution is -2.46. The first kappa shape index (κ1) is 22.1. The molecule has 7 heteroatoms. The number of aryl methyl sites for hydroxylation is 1. The number of nitrogens with one attached hydrogen (secondary N) is 1. The smallest absolute Gasteiger partial charge is 0.253 e. The molecule has 2 aliphatic rings. The van der Waals surface area contributed by atoms with Gasteiger partial charge in [-0.25, -0.2) is 0 Å². The third-order valence-electron chi connectivity index (χ3n) is 6.29. The first-order chi connectivity index (χ1) is 15.3. The van der Waals surface area contributed by atoms with E-state index in [1.807, 2.05) is 0 Å². The summed E-state index contributed by atoms with van der Waals surface area (Å²) >= 11 is 0. The number of anilines is 1. The van der Waals surface area contributed by atoms with Gasteiger partial charge in [0.1, 0.15) is 12.4 Å². The summed E-state index contributed by atoms with van der Waals surface area (Å²) in [7, 11) is 5.57. The molecule has 2 aromatic rings. The highest BCUT2D eigenvalue weighted by Crippen LogP contribution is 2.36. The fourth-order valence-corrected chi connectivity index (χ4v) is 4.35. The van der Waals surface area contributed by atoms with Gasteiger partial charge < -0.3 is 24.8 Å². The number of carbonyl (C=O) groups excluding carboxylic acids is 2. The maximum absolute atomic E-state index is 12.9. The Morgan fingerprint density at radius 2 is 1.66 bits per heavy atom. The predicted molar refractivity (Wildman–Crippen MR) is 126 cm³/mol. The van der Waals surface area contributed by atoms with Crippen molar-refractivity contribution < 1.29 is 14.3 Å². The maximum Gasteiger partial charge on any atom is 0.253 e. The van der Waals surface area contributed by atoms with Crippen molar-refractivity contribution in [2.75, 3.05) is 58.8 Å². The summed E-state index contributed by atoms with van der Waals surface area (Å²) in [6.07, 6.45) is 0.738. The molecular weight excluding hydrogens is 404 g/mol. The predicted octanol–water partition coefficient (Wildman–Crippen LogP) is 2.18. The van der Waals surface area contributed by atoms with Crippen molar-refractivity contribution in [3.05, 3.63) is 58.7 Å². The molecular formula is C25H32N4O3. The Balaban J connectivity index is 1.47. The van der Waals surface area contributed by atoms with E-state index in [0.29, 0.717) is 17.7 Å². The number of amides is 2. The van der Waals surface area contributed by atoms with Gasteiger partial charge >= 0.3 is 0 Å². The van der Waals surface area contributed by atoms with E-state index >= 15 is 0 Å². The second kappa shape index (κ2) is 9.20. The lowest BCUT2D eigenvalue weighted by atomic mass is 9.96. The number of hydrogen-bond acceptors (Lipinski definition) is 5. The minimum absolute atomic E-state index is 0.0824. The normalized spacial score (nSPS) is 18.5. The standard InChI is InChI=1S/C25H32N4O3/c1-17-5-10-22(29-13-11-28(4)12-14-29)21-15-20(16-32-23(17)21)26-24(30)18-6-8-19(9-7-18)25(31)27(2)3/h5-10,20H,11-16H2,1-4H3,(H,26,30). The maximum atomic E-state index is 12.9. The summed E-state index contributed by atoms with van der Waals surface area (Å²) < 4.78 is 6.13. The fraction of sp³-hybridized carbons (Fsp3) is 0.440. The number of nitrogens with zero attached hydrogens (tertiary/aromatic N) is 3. The Kier molecular flexibility index (Phi) is 6.37. The second-order valence-corrected chi connectivity index (χ2v) is 8.96. The highest BCUT2D eigenvalue weighted by Gasteiger charge is 2.28. The molecule has 170 valence electrons. The van der Waals surface area contributed by atoms with Gasteiger partial charge in [0.25, 0.3) is 11.8 Å². The Morgan fingerprint density at radius 3 is 2.31 bits per heavy atom. The minimum Gasteiger partial charge on any atom is -0.491 e. The van der Waals surface area contributed by atoms with Gasteiger partial charge in [-0.05, 0) is 49.9 Å². The van der Waals surface area contributed by atoms with Crippen LogP contribution in [0.5, 0.6) is 5.75 Å². The van der Waals surface area contributed by atoms with Crippen LogP contribution in [0.25, 0.3) is 0 Å². The van der Waals surface area contributed by atoms with E-state index in [9.17, 15) is 9.59 Å². The van der Waals surface area contributed by atoms with Crippen LogP contribution in [0.15, 0.2) is 36.4 Å². The van der Waals surface area contributed by atoms with Crippen LogP contribution < -0.4 is 15.0 Å². The molecule has 0 saturated carbocycles. The molecule has 1 saturated heterocycles. The van der Waals surface area contributed by atoms with Gasteiger partial charge in [-0.3, -0.25) is 9.59 Å². The zero-order chi connectivity index (χ0) is 22.8. The molecule has 7 nitrogen and oxygen atoms in total. The van der Waals surface area contributed by atoms with Crippen molar-refractivity contribution in [1.29, 1.82) is 0 Å². The number of rotatable bonds is 4. The van der Waals surface area contributed by atoms with Crippen LogP contribution in [0, 0.1) is 6.92 Å². The molecule has 0 spiro atoms. The number of hydrogen-bond donors (Lipinski definition) is 1. The van der Waals surface area contributed by atoms with Crippen LogP contribution in [-0.2, 0) is 6.42 Å². The quantitative estimate of drug-likeness (QED) is 0.796. The molecule has 0 radical (unpaired) electrons. The second-order valence-electron chi connectivity index (χ2n) is 8.96. The number of benzene rings is 2. The first-order valence-electron chi connectivity index (χ1n) is 11.1. The molecule has 32 heavy (non-hydrogen) atoms. The van der Waals surface area contributed by atoms with Crippen molar-refractivity contribution in [3.63, 3.8) is 0 Å². The Bertz CT molecular complexity index is 995. The van der Waals surface area contributed by atoms with Crippen molar-refractivity contribution in [1.82, 2.24) is 15.1 Å². The summed E-state index contributed by atoms with van der Waals surface area (Å²) in [5.74, 6) is 0.722. The molecule has 2 aliphatic heterocycles. The molecule has 2 amide bonds. The highest BCUT2D eigenvalue weighted by atomic mass is 16.5. The highest BCUT2D eigenvalue weighted by molar-refractivity contribution is 5.97. The largest absolute Gasteiger partial charge is 0.491 e. The van der Waals surface area contributed by atoms with Crippen LogP contribution in [-0.4, -0.2) is 81.6 Å². The van der Waals surface area contributed by atoms with Gasteiger partial charge in [0.15, 0.2) is 0 Å². The molecule has 1 atom stereocenters. The molecule has 1 fully saturated rings. The van der Waals surface area contributed by atoms with Crippen molar-refractivity contribution in [3.8, 4) is 5.75 Å². The monoisotopic (exact) mass is 436 g/mol. The van der Waals surface area contributed by atoms with E-state index < -0.39 is 0 Å². The van der Waals surface area contributed by atoms with Crippen molar-refractivity contribution in [2.45, 2.75) is 19.4 Å². The van der Waals surface area contributed by atoms with Crippen molar-refractivity contribution in [2.24, 2.45) is 0 Å². The topological polar surface area (TPSA) is 65.1 Å². The van der Waals surface area contributed by atoms with Gasteiger partial charge in [-0.2, -0.15) is 0 Å². The number of ether oxygens (including phenoxy) is 1. The fourth-order valence-electron chi connectivity index (χ4n) is 4.35. The summed E-state index contributed by atoms with van der Waals surface area (Å²) in [6, 6.07) is 11.0. The lowest BCUT2D eigenvalue weighted by molar-refractivity contribution is 0.0826. The Hall–Kier alpha value is -3.06. The molecule has 2 heterocycles. The van der Waals surface area contributed by atoms with Crippen molar-refractivity contribution >= 4 is 17.5 Å². The zero-order valence-corrected chi connectivity index (χ0v) is 19.4. The van der Waals surface area contributed by atoms with E-state index in [1.54, 1.807) is 38.4 Å². The van der Waals surface area contributed by atoms with Crippen LogP contribution in [0.4, 0.5) is 5.69 Å². The van der Waals surface area contributed by atoms with Crippen LogP contribution >= 0.6 is 0 Å². The molecule has 1 unspecified atom stereocenters. The molecule has 0 aromatic heterocycles. The zero-order valence-electron chi connectivity index (χ0n) is 19.4. The summed E-state index contributed by atoms with van der Waals surface area (Å²) in [4.78, 5) is 31.2. The first-order valence-corrected chi connectivity index (χ1v) is 11.1. The third kappa shape index (κ3) is 4.58. The Morgan fingerprint density at radius 1 is 1.00 bits per heavy atom. The lowest BCUT2D eigenvalue weighted by Gasteiger charge is -2.37. The average Bonchev–Trinajstić information content (AvgIpc) is 2.79. The van der Waals surface area contributed by atoms with Crippen LogP contribution in [0.2, 0.25) is 0 Å².